The van der Waals surface area contributed by atoms with Gasteiger partial charge >= 0.3 is 44.1 Å². The summed E-state index contributed by atoms with van der Waals surface area (Å²) in [7, 11) is -6.88. The Morgan fingerprint density at radius 3 is 0.771 bits per heavy atom. The van der Waals surface area contributed by atoms with E-state index < -0.39 is 81.7 Å². The van der Waals surface area contributed by atoms with E-state index in [2.05, 4.69) is 13.6 Å². The van der Waals surface area contributed by atoms with E-state index in [1.54, 1.807) is 0 Å². The number of hydrogen-bond donors (Lipinski definition) is 0. The average Bonchev–Trinajstić information content (AvgIpc) is 2.65. The zero-order valence-corrected chi connectivity index (χ0v) is 18.5. The second-order valence-corrected chi connectivity index (χ2v) is 8.34. The predicted octanol–water partition coefficient (Wildman–Crippen LogP) is 8.07. The number of phosphoric ester groups is 1. The molecule has 3 atom stereocenters. The highest BCUT2D eigenvalue weighted by molar-refractivity contribution is 7.48. The molecule has 0 bridgehead atoms. The fourth-order valence-electron chi connectivity index (χ4n) is 2.28. The molecule has 0 aliphatic rings. The van der Waals surface area contributed by atoms with E-state index >= 15 is 0 Å². The van der Waals surface area contributed by atoms with Crippen molar-refractivity contribution in [3.63, 3.8) is 0 Å². The quantitative estimate of drug-likeness (QED) is 0.174. The minimum atomic E-state index is -6.88. The van der Waals surface area contributed by atoms with Crippen molar-refractivity contribution in [2.75, 3.05) is 0 Å². The van der Waals surface area contributed by atoms with E-state index in [1.807, 2.05) is 0 Å². The first kappa shape index (κ1) is 34.1. The summed E-state index contributed by atoms with van der Waals surface area (Å²) in [5.74, 6) is -18.2. The van der Waals surface area contributed by atoms with Gasteiger partial charge in [0.25, 0.3) is 0 Å². The van der Waals surface area contributed by atoms with E-state index in [4.69, 9.17) is 0 Å². The largest absolute Gasteiger partial charge is 0.476 e. The van der Waals surface area contributed by atoms with Gasteiger partial charge in [0.1, 0.15) is 18.3 Å². The molecule has 0 aromatic heterocycles. The molecule has 0 N–H and O–H groups in total. The highest BCUT2D eigenvalue weighted by Gasteiger charge is 2.68. The molecular formula is C15H18F15O4P. The first-order valence-corrected chi connectivity index (χ1v) is 10.7. The summed E-state index contributed by atoms with van der Waals surface area (Å²) >= 11 is 0. The minimum Gasteiger partial charge on any atom is -0.277 e. The van der Waals surface area contributed by atoms with Crippen molar-refractivity contribution in [3.8, 4) is 0 Å². The Labute approximate surface area is 187 Å². The van der Waals surface area contributed by atoms with Crippen LogP contribution in [0.25, 0.3) is 0 Å². The smallest absolute Gasteiger partial charge is 0.277 e. The zero-order valence-electron chi connectivity index (χ0n) is 17.6. The first-order valence-electron chi connectivity index (χ1n) is 9.23. The minimum absolute atomic E-state index is 0.456. The molecule has 35 heavy (non-hydrogen) atoms. The van der Waals surface area contributed by atoms with Crippen molar-refractivity contribution < 1.29 is 84.0 Å². The summed E-state index contributed by atoms with van der Waals surface area (Å²) in [6.45, 7) is 1.37. The maximum absolute atomic E-state index is 13.7. The summed E-state index contributed by atoms with van der Waals surface area (Å²) in [6, 6.07) is 0. The molecule has 212 valence electrons. The van der Waals surface area contributed by atoms with Crippen LogP contribution in [0.5, 0.6) is 0 Å². The standard InChI is InChI=1S/C15H18F15O4P/c1-4-7(10(16,17)13(22,23)24)32-35(31,33-8(5-2)11(18,19)14(25,26)27)34-9(6-3)12(20,21)15(28,29)30/h7-9H,4-6H2,1-3H3. The van der Waals surface area contributed by atoms with Gasteiger partial charge < -0.3 is 0 Å². The summed E-state index contributed by atoms with van der Waals surface area (Å²) in [5.41, 5.74) is 0. The van der Waals surface area contributed by atoms with Crippen molar-refractivity contribution in [2.45, 2.75) is 94.6 Å². The van der Waals surface area contributed by atoms with E-state index in [0.717, 1.165) is 0 Å². The molecule has 0 aliphatic heterocycles. The van der Waals surface area contributed by atoms with Crippen LogP contribution in [0.2, 0.25) is 0 Å². The first-order chi connectivity index (χ1) is 15.2. The molecule has 4 nitrogen and oxygen atoms in total. The van der Waals surface area contributed by atoms with Gasteiger partial charge in [-0.2, -0.15) is 65.9 Å². The SMILES string of the molecule is CCC(OP(=O)(OC(CC)C(F)(F)C(F)(F)F)OC(CC)C(F)(F)C(F)(F)F)C(F)(F)C(F)(F)F. The summed E-state index contributed by atoms with van der Waals surface area (Å²) < 4.78 is 220. The lowest BCUT2D eigenvalue weighted by Gasteiger charge is -2.36. The highest BCUT2D eigenvalue weighted by atomic mass is 31.2. The Balaban J connectivity index is 6.68. The van der Waals surface area contributed by atoms with Gasteiger partial charge in [-0.1, -0.05) is 20.8 Å². The second-order valence-electron chi connectivity index (χ2n) is 6.82. The average molecular weight is 578 g/mol. The summed E-state index contributed by atoms with van der Waals surface area (Å²) in [6.07, 6.45) is -35.7. The van der Waals surface area contributed by atoms with Crippen molar-refractivity contribution >= 4 is 7.82 Å². The lowest BCUT2D eigenvalue weighted by molar-refractivity contribution is -0.323. The fourth-order valence-corrected chi connectivity index (χ4v) is 4.21. The van der Waals surface area contributed by atoms with Gasteiger partial charge in [0.2, 0.25) is 0 Å². The molecule has 0 aromatic rings. The predicted molar refractivity (Wildman–Crippen MR) is 86.1 cm³/mol. The lowest BCUT2D eigenvalue weighted by atomic mass is 10.1. The van der Waals surface area contributed by atoms with Crippen LogP contribution in [-0.4, -0.2) is 54.6 Å². The van der Waals surface area contributed by atoms with Gasteiger partial charge in [0.05, 0.1) is 0 Å². The molecular weight excluding hydrogens is 560 g/mol. The van der Waals surface area contributed by atoms with Crippen LogP contribution in [0.3, 0.4) is 0 Å². The normalized spacial score (nSPS) is 19.3. The molecule has 0 saturated heterocycles. The van der Waals surface area contributed by atoms with Crippen LogP contribution < -0.4 is 0 Å². The zero-order chi connectivity index (χ0) is 28.5. The molecule has 0 heterocycles. The molecule has 0 aliphatic carbocycles. The third-order valence-electron chi connectivity index (χ3n) is 4.23. The maximum Gasteiger partial charge on any atom is 0.476 e. The monoisotopic (exact) mass is 578 g/mol. The van der Waals surface area contributed by atoms with Crippen molar-refractivity contribution in [1.82, 2.24) is 0 Å². The highest BCUT2D eigenvalue weighted by Crippen LogP contribution is 2.60. The molecule has 0 saturated carbocycles. The number of halogens is 15. The van der Waals surface area contributed by atoms with Crippen molar-refractivity contribution in [2.24, 2.45) is 0 Å². The van der Waals surface area contributed by atoms with Crippen LogP contribution in [0.4, 0.5) is 65.9 Å². The van der Waals surface area contributed by atoms with Gasteiger partial charge in [0.15, 0.2) is 0 Å². The maximum atomic E-state index is 13.7. The number of rotatable bonds is 12. The summed E-state index contributed by atoms with van der Waals surface area (Å²) in [4.78, 5) is 0. The van der Waals surface area contributed by atoms with Gasteiger partial charge in [-0.3, -0.25) is 13.6 Å². The number of alkyl halides is 15. The third-order valence-corrected chi connectivity index (χ3v) is 5.77. The van der Waals surface area contributed by atoms with Gasteiger partial charge in [0, 0.05) is 0 Å². The molecule has 20 heteroatoms. The van der Waals surface area contributed by atoms with Crippen LogP contribution in [0.15, 0.2) is 0 Å². The molecule has 3 unspecified atom stereocenters. The topological polar surface area (TPSA) is 44.8 Å². The Kier molecular flexibility index (Phi) is 10.5. The Bertz CT molecular complexity index is 636. The lowest BCUT2D eigenvalue weighted by Crippen LogP contribution is -2.51. The van der Waals surface area contributed by atoms with Crippen LogP contribution in [0, 0.1) is 0 Å². The van der Waals surface area contributed by atoms with Crippen molar-refractivity contribution in [3.05, 3.63) is 0 Å². The van der Waals surface area contributed by atoms with Crippen LogP contribution >= 0.6 is 7.82 Å². The van der Waals surface area contributed by atoms with E-state index in [1.165, 1.54) is 0 Å². The van der Waals surface area contributed by atoms with Gasteiger partial charge in [-0.15, -0.1) is 0 Å². The summed E-state index contributed by atoms with van der Waals surface area (Å²) in [5, 5.41) is 0. The molecule has 0 radical (unpaired) electrons. The molecule has 0 spiro atoms. The van der Waals surface area contributed by atoms with Gasteiger partial charge in [-0.05, 0) is 19.3 Å². The van der Waals surface area contributed by atoms with E-state index in [9.17, 15) is 70.4 Å². The number of hydrogen-bond acceptors (Lipinski definition) is 4. The van der Waals surface area contributed by atoms with Crippen LogP contribution in [-0.2, 0) is 18.1 Å². The Morgan fingerprint density at radius 2 is 0.657 bits per heavy atom. The molecule has 0 aromatic carbocycles. The molecule has 0 fully saturated rings. The Hall–Kier alpha value is -0.940. The van der Waals surface area contributed by atoms with Crippen molar-refractivity contribution in [1.29, 1.82) is 0 Å². The molecule has 0 rings (SSSR count). The van der Waals surface area contributed by atoms with Gasteiger partial charge in [-0.25, -0.2) is 4.57 Å². The molecule has 0 amide bonds. The second kappa shape index (κ2) is 10.8. The third kappa shape index (κ3) is 7.53. The Morgan fingerprint density at radius 1 is 0.486 bits per heavy atom. The van der Waals surface area contributed by atoms with E-state index in [0.29, 0.717) is 20.8 Å². The van der Waals surface area contributed by atoms with Crippen LogP contribution in [0.1, 0.15) is 40.0 Å². The fraction of sp³-hybridized carbons (Fsp3) is 1.00. The number of phosphoric acid groups is 1. The van der Waals surface area contributed by atoms with E-state index in [-0.39, 0.29) is 0 Å².